The van der Waals surface area contributed by atoms with Gasteiger partial charge in [-0.3, -0.25) is 0 Å². The van der Waals surface area contributed by atoms with Gasteiger partial charge in [-0.25, -0.2) is 10.3 Å². The van der Waals surface area contributed by atoms with Gasteiger partial charge < -0.3 is 4.84 Å². The quantitative estimate of drug-likeness (QED) is 0.812. The van der Waals surface area contributed by atoms with E-state index in [4.69, 9.17) is 5.90 Å². The van der Waals surface area contributed by atoms with Crippen LogP contribution in [0.15, 0.2) is 22.7 Å². The van der Waals surface area contributed by atoms with Crippen LogP contribution < -0.4 is 5.90 Å². The minimum absolute atomic E-state index is 0.253. The molecule has 2 N–H and O–H groups in total. The van der Waals surface area contributed by atoms with E-state index in [1.807, 2.05) is 6.07 Å². The van der Waals surface area contributed by atoms with Crippen LogP contribution in [-0.2, 0) is 11.3 Å². The van der Waals surface area contributed by atoms with Gasteiger partial charge in [0.05, 0.1) is 6.61 Å². The second-order valence-electron chi connectivity index (χ2n) is 2.40. The third kappa shape index (κ3) is 2.89. The standard InChI is InChI=1S/C8H9BrFNO/c9-7-3-6(1-2-12-11)4-8(10)5-7/h3-5H,1-2,11H2. The fourth-order valence-corrected chi connectivity index (χ4v) is 1.44. The Balaban J connectivity index is 2.72. The Morgan fingerprint density at radius 2 is 2.17 bits per heavy atom. The van der Waals surface area contributed by atoms with E-state index < -0.39 is 0 Å². The summed E-state index contributed by atoms with van der Waals surface area (Å²) in [4.78, 5) is 4.39. The fraction of sp³-hybridized carbons (Fsp3) is 0.250. The summed E-state index contributed by atoms with van der Waals surface area (Å²) in [6.07, 6.45) is 0.618. The van der Waals surface area contributed by atoms with Crippen LogP contribution in [0.3, 0.4) is 0 Å². The largest absolute Gasteiger partial charge is 0.304 e. The molecule has 66 valence electrons. The first-order valence-corrected chi connectivity index (χ1v) is 4.28. The predicted octanol–water partition coefficient (Wildman–Crippen LogP) is 2.02. The third-order valence-corrected chi connectivity index (χ3v) is 1.89. The van der Waals surface area contributed by atoms with Gasteiger partial charge in [-0.2, -0.15) is 0 Å². The van der Waals surface area contributed by atoms with Crippen LogP contribution in [0.5, 0.6) is 0 Å². The van der Waals surface area contributed by atoms with E-state index in [1.165, 1.54) is 12.1 Å². The summed E-state index contributed by atoms with van der Waals surface area (Å²) in [6.45, 7) is 0.399. The molecule has 0 fully saturated rings. The van der Waals surface area contributed by atoms with Gasteiger partial charge in [0.15, 0.2) is 0 Å². The lowest BCUT2D eigenvalue weighted by Gasteiger charge is -2.00. The maximum Gasteiger partial charge on any atom is 0.124 e. The van der Waals surface area contributed by atoms with Crippen molar-refractivity contribution in [2.75, 3.05) is 6.61 Å². The highest BCUT2D eigenvalue weighted by atomic mass is 79.9. The van der Waals surface area contributed by atoms with E-state index in [-0.39, 0.29) is 5.82 Å². The molecule has 4 heteroatoms. The Morgan fingerprint density at radius 1 is 1.42 bits per heavy atom. The molecular weight excluding hydrogens is 225 g/mol. The molecule has 0 aliphatic rings. The topological polar surface area (TPSA) is 35.2 Å². The van der Waals surface area contributed by atoms with Crippen LogP contribution in [0.25, 0.3) is 0 Å². The molecule has 1 aromatic rings. The van der Waals surface area contributed by atoms with E-state index in [2.05, 4.69) is 20.8 Å². The van der Waals surface area contributed by atoms with Gasteiger partial charge in [0, 0.05) is 4.47 Å². The van der Waals surface area contributed by atoms with Crippen molar-refractivity contribution in [3.8, 4) is 0 Å². The first kappa shape index (κ1) is 9.64. The zero-order chi connectivity index (χ0) is 8.97. The van der Waals surface area contributed by atoms with Crippen molar-refractivity contribution in [1.82, 2.24) is 0 Å². The van der Waals surface area contributed by atoms with Crippen molar-refractivity contribution in [2.24, 2.45) is 5.90 Å². The Morgan fingerprint density at radius 3 is 2.75 bits per heavy atom. The molecule has 0 atom stereocenters. The molecule has 0 spiro atoms. The summed E-state index contributed by atoms with van der Waals surface area (Å²) in [5, 5.41) is 0. The van der Waals surface area contributed by atoms with E-state index in [0.717, 1.165) is 10.0 Å². The molecule has 0 aliphatic heterocycles. The molecule has 1 aromatic carbocycles. The van der Waals surface area contributed by atoms with Gasteiger partial charge in [-0.15, -0.1) is 0 Å². The first-order chi connectivity index (χ1) is 5.72. The highest BCUT2D eigenvalue weighted by molar-refractivity contribution is 9.10. The molecule has 0 radical (unpaired) electrons. The molecule has 0 saturated heterocycles. The molecule has 0 unspecified atom stereocenters. The summed E-state index contributed by atoms with van der Waals surface area (Å²) in [5.74, 6) is 4.59. The maximum atomic E-state index is 12.8. The van der Waals surface area contributed by atoms with Crippen LogP contribution in [0, 0.1) is 5.82 Å². The lowest BCUT2D eigenvalue weighted by atomic mass is 10.2. The highest BCUT2D eigenvalue weighted by Crippen LogP contribution is 2.15. The lowest BCUT2D eigenvalue weighted by molar-refractivity contribution is 0.141. The zero-order valence-corrected chi connectivity index (χ0v) is 7.97. The monoisotopic (exact) mass is 233 g/mol. The third-order valence-electron chi connectivity index (χ3n) is 1.43. The molecule has 12 heavy (non-hydrogen) atoms. The Labute approximate surface area is 78.6 Å². The van der Waals surface area contributed by atoms with E-state index >= 15 is 0 Å². The van der Waals surface area contributed by atoms with Gasteiger partial charge in [0.25, 0.3) is 0 Å². The molecular formula is C8H9BrFNO. The van der Waals surface area contributed by atoms with E-state index in [0.29, 0.717) is 13.0 Å². The van der Waals surface area contributed by atoms with Crippen molar-refractivity contribution in [2.45, 2.75) is 6.42 Å². The summed E-state index contributed by atoms with van der Waals surface area (Å²) >= 11 is 3.19. The van der Waals surface area contributed by atoms with Crippen molar-refractivity contribution in [1.29, 1.82) is 0 Å². The molecule has 2 nitrogen and oxygen atoms in total. The van der Waals surface area contributed by atoms with Gasteiger partial charge in [-0.1, -0.05) is 15.9 Å². The van der Waals surface area contributed by atoms with Gasteiger partial charge in [-0.05, 0) is 30.2 Å². The molecule has 0 amide bonds. The highest BCUT2D eigenvalue weighted by Gasteiger charge is 1.98. The number of nitrogens with two attached hydrogens (primary N) is 1. The van der Waals surface area contributed by atoms with Crippen molar-refractivity contribution >= 4 is 15.9 Å². The van der Waals surface area contributed by atoms with Crippen molar-refractivity contribution in [3.63, 3.8) is 0 Å². The zero-order valence-electron chi connectivity index (χ0n) is 6.39. The Bertz CT molecular complexity index is 247. The maximum absolute atomic E-state index is 12.8. The molecule has 0 bridgehead atoms. The van der Waals surface area contributed by atoms with Gasteiger partial charge in [0.2, 0.25) is 0 Å². The smallest absolute Gasteiger partial charge is 0.124 e. The first-order valence-electron chi connectivity index (χ1n) is 3.49. The van der Waals surface area contributed by atoms with Crippen LogP contribution >= 0.6 is 15.9 Å². The van der Waals surface area contributed by atoms with E-state index in [1.54, 1.807) is 0 Å². The molecule has 0 saturated carbocycles. The summed E-state index contributed by atoms with van der Waals surface area (Å²) < 4.78 is 13.5. The van der Waals surface area contributed by atoms with E-state index in [9.17, 15) is 4.39 Å². The van der Waals surface area contributed by atoms with Gasteiger partial charge >= 0.3 is 0 Å². The average molecular weight is 234 g/mol. The van der Waals surface area contributed by atoms with Crippen LogP contribution in [-0.4, -0.2) is 6.61 Å². The Hall–Kier alpha value is -0.450. The second-order valence-corrected chi connectivity index (χ2v) is 3.31. The van der Waals surface area contributed by atoms with Crippen LogP contribution in [0.4, 0.5) is 4.39 Å². The van der Waals surface area contributed by atoms with Crippen molar-refractivity contribution in [3.05, 3.63) is 34.1 Å². The second kappa shape index (κ2) is 4.54. The molecule has 1 rings (SSSR count). The number of rotatable bonds is 3. The van der Waals surface area contributed by atoms with Crippen LogP contribution in [0.2, 0.25) is 0 Å². The van der Waals surface area contributed by atoms with Crippen molar-refractivity contribution < 1.29 is 9.23 Å². The number of benzene rings is 1. The molecule has 0 heterocycles. The van der Waals surface area contributed by atoms with Gasteiger partial charge in [0.1, 0.15) is 5.82 Å². The lowest BCUT2D eigenvalue weighted by Crippen LogP contribution is -2.03. The number of hydrogen-bond donors (Lipinski definition) is 1. The Kier molecular flexibility index (Phi) is 3.65. The SMILES string of the molecule is NOCCc1cc(F)cc(Br)c1. The summed E-state index contributed by atoms with van der Waals surface area (Å²) in [7, 11) is 0. The minimum Gasteiger partial charge on any atom is -0.304 e. The number of hydrogen-bond acceptors (Lipinski definition) is 2. The van der Waals surface area contributed by atoms with Crippen LogP contribution in [0.1, 0.15) is 5.56 Å². The molecule has 0 aromatic heterocycles. The number of halogens is 2. The predicted molar refractivity (Wildman–Crippen MR) is 47.9 cm³/mol. The average Bonchev–Trinajstić information content (AvgIpc) is 1.99. The minimum atomic E-state index is -0.253. The summed E-state index contributed by atoms with van der Waals surface area (Å²) in [6, 6.07) is 4.71. The fourth-order valence-electron chi connectivity index (χ4n) is 0.932. The molecule has 0 aliphatic carbocycles. The normalized spacial score (nSPS) is 10.2. The summed E-state index contributed by atoms with van der Waals surface area (Å²) in [5.41, 5.74) is 0.868.